The molecule has 0 fully saturated rings. The molecule has 1 atom stereocenters. The van der Waals surface area contributed by atoms with Crippen LogP contribution in [0.3, 0.4) is 0 Å². The smallest absolute Gasteiger partial charge is 0.154 e. The molecule has 0 aromatic heterocycles. The van der Waals surface area contributed by atoms with Crippen molar-refractivity contribution in [2.45, 2.75) is 13.0 Å². The summed E-state index contributed by atoms with van der Waals surface area (Å²) in [5, 5.41) is 8.69. The molecule has 0 rings (SSSR count). The molecule has 0 saturated carbocycles. The highest BCUT2D eigenvalue weighted by atomic mass is 32.2. The predicted molar refractivity (Wildman–Crippen MR) is 39.4 cm³/mol. The van der Waals surface area contributed by atoms with Gasteiger partial charge in [0.2, 0.25) is 0 Å². The highest BCUT2D eigenvalue weighted by Crippen LogP contribution is 1.92. The summed E-state index contributed by atoms with van der Waals surface area (Å²) in [6, 6.07) is 0. The normalized spacial score (nSPS) is 15.1. The first kappa shape index (κ1) is 9.87. The summed E-state index contributed by atoms with van der Waals surface area (Å²) in [7, 11) is -3.11. The van der Waals surface area contributed by atoms with Crippen LogP contribution < -0.4 is 5.73 Å². The van der Waals surface area contributed by atoms with E-state index < -0.39 is 15.9 Å². The van der Waals surface area contributed by atoms with E-state index in [1.807, 2.05) is 0 Å². The maximum Gasteiger partial charge on any atom is 0.154 e. The first-order chi connectivity index (χ1) is 4.48. The first-order valence-corrected chi connectivity index (χ1v) is 4.88. The Balaban J connectivity index is 3.89. The summed E-state index contributed by atoms with van der Waals surface area (Å²) in [6.07, 6.45) is -0.795. The van der Waals surface area contributed by atoms with Gasteiger partial charge in [0, 0.05) is 6.54 Å². The van der Waals surface area contributed by atoms with Crippen molar-refractivity contribution in [2.75, 3.05) is 18.1 Å². The van der Waals surface area contributed by atoms with Gasteiger partial charge in [-0.25, -0.2) is 8.42 Å². The number of nitrogens with two attached hydrogens (primary N) is 1. The topological polar surface area (TPSA) is 80.4 Å². The van der Waals surface area contributed by atoms with Crippen LogP contribution in [0.5, 0.6) is 0 Å². The largest absolute Gasteiger partial charge is 0.392 e. The van der Waals surface area contributed by atoms with Crippen LogP contribution in [0.15, 0.2) is 0 Å². The minimum atomic E-state index is -3.11. The molecule has 10 heavy (non-hydrogen) atoms. The molecule has 62 valence electrons. The van der Waals surface area contributed by atoms with Gasteiger partial charge in [-0.2, -0.15) is 0 Å². The maximum absolute atomic E-state index is 10.8. The van der Waals surface area contributed by atoms with Crippen molar-refractivity contribution < 1.29 is 13.5 Å². The Labute approximate surface area is 61.0 Å². The van der Waals surface area contributed by atoms with Gasteiger partial charge in [-0.3, -0.25) is 0 Å². The van der Waals surface area contributed by atoms with Gasteiger partial charge in [0.15, 0.2) is 9.84 Å². The van der Waals surface area contributed by atoms with E-state index >= 15 is 0 Å². The van der Waals surface area contributed by atoms with Crippen molar-refractivity contribution >= 4 is 9.84 Å². The highest BCUT2D eigenvalue weighted by molar-refractivity contribution is 7.91. The van der Waals surface area contributed by atoms with Crippen LogP contribution in [-0.4, -0.2) is 37.7 Å². The van der Waals surface area contributed by atoms with Crippen LogP contribution in [0.1, 0.15) is 6.92 Å². The van der Waals surface area contributed by atoms with Gasteiger partial charge < -0.3 is 10.8 Å². The van der Waals surface area contributed by atoms with E-state index in [-0.39, 0.29) is 18.1 Å². The summed E-state index contributed by atoms with van der Waals surface area (Å²) in [4.78, 5) is 0. The van der Waals surface area contributed by atoms with Crippen molar-refractivity contribution in [3.05, 3.63) is 0 Å². The summed E-state index contributed by atoms with van der Waals surface area (Å²) >= 11 is 0. The van der Waals surface area contributed by atoms with Crippen LogP contribution in [-0.2, 0) is 9.84 Å². The Bertz CT molecular complexity index is 173. The third kappa shape index (κ3) is 4.72. The van der Waals surface area contributed by atoms with E-state index in [1.165, 1.54) is 6.92 Å². The Morgan fingerprint density at radius 2 is 2.10 bits per heavy atom. The SMILES string of the molecule is CC(O)CS(=O)(=O)CCN. The molecule has 0 saturated heterocycles. The van der Waals surface area contributed by atoms with E-state index in [2.05, 4.69) is 0 Å². The zero-order valence-electron chi connectivity index (χ0n) is 5.95. The fourth-order valence-electron chi connectivity index (χ4n) is 0.630. The Hall–Kier alpha value is -0.130. The zero-order valence-corrected chi connectivity index (χ0v) is 6.76. The van der Waals surface area contributed by atoms with Crippen LogP contribution >= 0.6 is 0 Å². The van der Waals surface area contributed by atoms with Gasteiger partial charge in [-0.05, 0) is 6.92 Å². The fraction of sp³-hybridized carbons (Fsp3) is 1.00. The molecule has 0 heterocycles. The number of aliphatic hydroxyl groups is 1. The van der Waals surface area contributed by atoms with Crippen molar-refractivity contribution in [1.82, 2.24) is 0 Å². The minimum Gasteiger partial charge on any atom is -0.392 e. The van der Waals surface area contributed by atoms with Gasteiger partial charge in [-0.15, -0.1) is 0 Å². The van der Waals surface area contributed by atoms with Gasteiger partial charge in [0.25, 0.3) is 0 Å². The number of hydrogen-bond donors (Lipinski definition) is 2. The van der Waals surface area contributed by atoms with E-state index in [0.29, 0.717) is 0 Å². The molecule has 0 bridgehead atoms. The lowest BCUT2D eigenvalue weighted by Crippen LogP contribution is -2.24. The average molecular weight is 167 g/mol. The van der Waals surface area contributed by atoms with Crippen molar-refractivity contribution in [3.8, 4) is 0 Å². The van der Waals surface area contributed by atoms with Crippen molar-refractivity contribution in [2.24, 2.45) is 5.73 Å². The van der Waals surface area contributed by atoms with E-state index in [1.54, 1.807) is 0 Å². The lowest BCUT2D eigenvalue weighted by Gasteiger charge is -2.03. The second-order valence-corrected chi connectivity index (χ2v) is 4.48. The molecule has 5 heteroatoms. The third-order valence-corrected chi connectivity index (χ3v) is 2.77. The average Bonchev–Trinajstić information content (AvgIpc) is 1.59. The maximum atomic E-state index is 10.8. The van der Waals surface area contributed by atoms with E-state index in [0.717, 1.165) is 0 Å². The van der Waals surface area contributed by atoms with Crippen LogP contribution in [0.2, 0.25) is 0 Å². The molecule has 4 nitrogen and oxygen atoms in total. The van der Waals surface area contributed by atoms with Crippen molar-refractivity contribution in [1.29, 1.82) is 0 Å². The zero-order chi connectivity index (χ0) is 8.20. The molecule has 0 aliphatic rings. The molecule has 1 unspecified atom stereocenters. The Morgan fingerprint density at radius 1 is 1.60 bits per heavy atom. The van der Waals surface area contributed by atoms with Gasteiger partial charge >= 0.3 is 0 Å². The highest BCUT2D eigenvalue weighted by Gasteiger charge is 2.11. The number of rotatable bonds is 4. The van der Waals surface area contributed by atoms with E-state index in [9.17, 15) is 8.42 Å². The summed E-state index contributed by atoms with van der Waals surface area (Å²) in [5.74, 6) is -0.234. The first-order valence-electron chi connectivity index (χ1n) is 3.06. The number of aliphatic hydroxyl groups excluding tert-OH is 1. The standard InChI is InChI=1S/C5H13NO3S/c1-5(7)4-10(8,9)3-2-6/h5,7H,2-4,6H2,1H3. The molecule has 0 amide bonds. The molecular formula is C5H13NO3S. The molecular weight excluding hydrogens is 154 g/mol. The molecule has 0 aromatic carbocycles. The Kier molecular flexibility index (Phi) is 3.85. The molecule has 0 aromatic rings. The molecule has 0 spiro atoms. The van der Waals surface area contributed by atoms with Gasteiger partial charge in [0.1, 0.15) is 0 Å². The Morgan fingerprint density at radius 3 is 2.40 bits per heavy atom. The molecule has 0 aliphatic carbocycles. The molecule has 3 N–H and O–H groups in total. The minimum absolute atomic E-state index is 0.0438. The third-order valence-electron chi connectivity index (χ3n) is 0.924. The summed E-state index contributed by atoms with van der Waals surface area (Å²) < 4.78 is 21.6. The molecule has 0 radical (unpaired) electrons. The second-order valence-electron chi connectivity index (χ2n) is 2.25. The monoisotopic (exact) mass is 167 g/mol. The van der Waals surface area contributed by atoms with Crippen molar-refractivity contribution in [3.63, 3.8) is 0 Å². The fourth-order valence-corrected chi connectivity index (χ4v) is 1.89. The van der Waals surface area contributed by atoms with E-state index in [4.69, 9.17) is 10.8 Å². The predicted octanol–water partition coefficient (Wildman–Crippen LogP) is -1.26. The van der Waals surface area contributed by atoms with Crippen LogP contribution in [0.4, 0.5) is 0 Å². The molecule has 0 aliphatic heterocycles. The lowest BCUT2D eigenvalue weighted by atomic mass is 10.5. The van der Waals surface area contributed by atoms with Crippen LogP contribution in [0, 0.1) is 0 Å². The summed E-state index contributed by atoms with van der Waals surface area (Å²) in [5.41, 5.74) is 5.03. The number of sulfone groups is 1. The van der Waals surface area contributed by atoms with Gasteiger partial charge in [-0.1, -0.05) is 0 Å². The number of hydrogen-bond acceptors (Lipinski definition) is 4. The lowest BCUT2D eigenvalue weighted by molar-refractivity contribution is 0.218. The quantitative estimate of drug-likeness (QED) is 0.547. The second kappa shape index (κ2) is 3.90. The van der Waals surface area contributed by atoms with Crippen LogP contribution in [0.25, 0.3) is 0 Å². The van der Waals surface area contributed by atoms with Gasteiger partial charge in [0.05, 0.1) is 17.6 Å². The summed E-state index contributed by atoms with van der Waals surface area (Å²) in [6.45, 7) is 1.56.